The van der Waals surface area contributed by atoms with Crippen molar-refractivity contribution in [3.05, 3.63) is 35.9 Å². The molecule has 0 amide bonds. The third-order valence-electron chi connectivity index (χ3n) is 4.22. The van der Waals surface area contributed by atoms with Crippen molar-refractivity contribution in [3.63, 3.8) is 0 Å². The van der Waals surface area contributed by atoms with Crippen molar-refractivity contribution < 1.29 is 14.6 Å². The fourth-order valence-electron chi connectivity index (χ4n) is 2.62. The Labute approximate surface area is 115 Å². The lowest BCUT2D eigenvalue weighted by atomic mass is 9.82. The number of aliphatic hydroxyl groups excluding tert-OH is 1. The number of hydrogen-bond donors (Lipinski definition) is 1. The summed E-state index contributed by atoms with van der Waals surface area (Å²) in [7, 11) is 0. The molecule has 5 atom stereocenters. The maximum atomic E-state index is 9.97. The Morgan fingerprint density at radius 3 is 2.47 bits per heavy atom. The van der Waals surface area contributed by atoms with Gasteiger partial charge in [-0.2, -0.15) is 0 Å². The Morgan fingerprint density at radius 2 is 1.79 bits per heavy atom. The van der Waals surface area contributed by atoms with Crippen LogP contribution in [0.2, 0.25) is 0 Å². The maximum absolute atomic E-state index is 9.97. The molecule has 0 spiro atoms. The molecule has 1 aliphatic rings. The van der Waals surface area contributed by atoms with Gasteiger partial charge in [-0.15, -0.1) is 0 Å². The van der Waals surface area contributed by atoms with Gasteiger partial charge in [-0.05, 0) is 24.3 Å². The van der Waals surface area contributed by atoms with Gasteiger partial charge in [0.25, 0.3) is 0 Å². The topological polar surface area (TPSA) is 38.7 Å². The van der Waals surface area contributed by atoms with Crippen molar-refractivity contribution in [1.29, 1.82) is 0 Å². The first-order valence-electron chi connectivity index (χ1n) is 7.04. The number of ether oxygens (including phenoxy) is 2. The van der Waals surface area contributed by atoms with Crippen LogP contribution in [0.5, 0.6) is 0 Å². The summed E-state index contributed by atoms with van der Waals surface area (Å²) in [6, 6.07) is 10.1. The summed E-state index contributed by atoms with van der Waals surface area (Å²) < 4.78 is 11.6. The molecule has 2 rings (SSSR count). The van der Waals surface area contributed by atoms with E-state index in [0.29, 0.717) is 19.1 Å². The third kappa shape index (κ3) is 3.56. The first kappa shape index (κ1) is 14.5. The van der Waals surface area contributed by atoms with Gasteiger partial charge in [0, 0.05) is 0 Å². The van der Waals surface area contributed by atoms with Crippen molar-refractivity contribution >= 4 is 0 Å². The third-order valence-corrected chi connectivity index (χ3v) is 4.22. The Kier molecular flexibility index (Phi) is 4.97. The van der Waals surface area contributed by atoms with Crippen LogP contribution in [0, 0.1) is 11.8 Å². The monoisotopic (exact) mass is 264 g/mol. The molecule has 1 N–H and O–H groups in total. The fourth-order valence-corrected chi connectivity index (χ4v) is 2.62. The molecule has 0 saturated carbocycles. The van der Waals surface area contributed by atoms with Crippen LogP contribution in [0.25, 0.3) is 0 Å². The van der Waals surface area contributed by atoms with Gasteiger partial charge in [-0.3, -0.25) is 0 Å². The normalized spacial score (nSPS) is 35.3. The summed E-state index contributed by atoms with van der Waals surface area (Å²) >= 11 is 0. The Morgan fingerprint density at radius 1 is 1.11 bits per heavy atom. The molecule has 1 aromatic rings. The zero-order valence-electron chi connectivity index (χ0n) is 12.0. The summed E-state index contributed by atoms with van der Waals surface area (Å²) in [5.41, 5.74) is 1.17. The molecular formula is C16H24O3. The average molecular weight is 264 g/mol. The average Bonchev–Trinajstić information content (AvgIpc) is 2.43. The van der Waals surface area contributed by atoms with E-state index in [2.05, 4.69) is 26.0 Å². The number of rotatable bonds is 4. The Balaban J connectivity index is 1.82. The maximum Gasteiger partial charge on any atom is 0.0842 e. The minimum Gasteiger partial charge on any atom is -0.390 e. The van der Waals surface area contributed by atoms with E-state index in [1.807, 2.05) is 25.1 Å². The minimum absolute atomic E-state index is 0.0668. The van der Waals surface area contributed by atoms with Crippen LogP contribution in [0.3, 0.4) is 0 Å². The lowest BCUT2D eigenvalue weighted by Gasteiger charge is -2.41. The van der Waals surface area contributed by atoms with Gasteiger partial charge in [0.2, 0.25) is 0 Å². The first-order valence-corrected chi connectivity index (χ1v) is 7.04. The SMILES string of the molecule is C[C@@H]1C(COCc2ccccc2)O[C@H](C)C(O)[C@H]1C. The molecule has 3 nitrogen and oxygen atoms in total. The Hall–Kier alpha value is -0.900. The highest BCUT2D eigenvalue weighted by Gasteiger charge is 2.38. The molecule has 1 saturated heterocycles. The molecule has 0 bridgehead atoms. The van der Waals surface area contributed by atoms with E-state index in [4.69, 9.17) is 9.47 Å². The minimum atomic E-state index is -0.375. The largest absolute Gasteiger partial charge is 0.390 e. The van der Waals surface area contributed by atoms with Crippen LogP contribution in [0.1, 0.15) is 26.3 Å². The molecule has 1 heterocycles. The van der Waals surface area contributed by atoms with E-state index >= 15 is 0 Å². The summed E-state index contributed by atoms with van der Waals surface area (Å²) in [6.45, 7) is 7.32. The molecule has 1 fully saturated rings. The molecular weight excluding hydrogens is 240 g/mol. The second-order valence-electron chi connectivity index (χ2n) is 5.59. The lowest BCUT2D eigenvalue weighted by Crippen LogP contribution is -2.49. The fraction of sp³-hybridized carbons (Fsp3) is 0.625. The second-order valence-corrected chi connectivity index (χ2v) is 5.59. The van der Waals surface area contributed by atoms with Gasteiger partial charge < -0.3 is 14.6 Å². The number of hydrogen-bond acceptors (Lipinski definition) is 3. The van der Waals surface area contributed by atoms with Gasteiger partial charge in [-0.25, -0.2) is 0 Å². The van der Waals surface area contributed by atoms with Crippen LogP contribution in [0.15, 0.2) is 30.3 Å². The molecule has 106 valence electrons. The zero-order chi connectivity index (χ0) is 13.8. The van der Waals surface area contributed by atoms with Crippen molar-refractivity contribution in [1.82, 2.24) is 0 Å². The smallest absolute Gasteiger partial charge is 0.0842 e. The quantitative estimate of drug-likeness (QED) is 0.908. The van der Waals surface area contributed by atoms with E-state index in [1.54, 1.807) is 0 Å². The van der Waals surface area contributed by atoms with E-state index in [-0.39, 0.29) is 24.2 Å². The predicted octanol–water partition coefficient (Wildman–Crippen LogP) is 2.62. The predicted molar refractivity (Wildman–Crippen MR) is 74.8 cm³/mol. The Bertz CT molecular complexity index is 379. The van der Waals surface area contributed by atoms with Crippen molar-refractivity contribution in [3.8, 4) is 0 Å². The van der Waals surface area contributed by atoms with Crippen LogP contribution < -0.4 is 0 Å². The van der Waals surface area contributed by atoms with Gasteiger partial charge in [0.15, 0.2) is 0 Å². The lowest BCUT2D eigenvalue weighted by molar-refractivity contribution is -0.178. The molecule has 19 heavy (non-hydrogen) atoms. The van der Waals surface area contributed by atoms with E-state index < -0.39 is 0 Å². The highest BCUT2D eigenvalue weighted by molar-refractivity contribution is 5.13. The molecule has 2 unspecified atom stereocenters. The van der Waals surface area contributed by atoms with Crippen molar-refractivity contribution in [2.75, 3.05) is 6.61 Å². The first-order chi connectivity index (χ1) is 9.09. The summed E-state index contributed by atoms with van der Waals surface area (Å²) in [5.74, 6) is 0.552. The van der Waals surface area contributed by atoms with E-state index in [9.17, 15) is 5.11 Å². The molecule has 1 aromatic carbocycles. The highest BCUT2D eigenvalue weighted by atomic mass is 16.5. The van der Waals surface area contributed by atoms with Gasteiger partial charge >= 0.3 is 0 Å². The molecule has 1 aliphatic heterocycles. The van der Waals surface area contributed by atoms with Crippen LogP contribution in [-0.2, 0) is 16.1 Å². The molecule has 0 aliphatic carbocycles. The molecule has 3 heteroatoms. The second kappa shape index (κ2) is 6.51. The van der Waals surface area contributed by atoms with Crippen LogP contribution in [0.4, 0.5) is 0 Å². The van der Waals surface area contributed by atoms with E-state index in [1.165, 1.54) is 5.56 Å². The van der Waals surface area contributed by atoms with Crippen LogP contribution in [-0.4, -0.2) is 30.0 Å². The van der Waals surface area contributed by atoms with Gasteiger partial charge in [0.1, 0.15) is 0 Å². The standard InChI is InChI=1S/C16H24O3/c1-11-12(2)16(17)13(3)19-15(11)10-18-9-14-7-5-4-6-8-14/h4-8,11-13,15-17H,9-10H2,1-3H3/t11-,12-,13+,15?,16?/m0/s1. The van der Waals surface area contributed by atoms with Gasteiger partial charge in [0.05, 0.1) is 31.5 Å². The summed E-state index contributed by atoms with van der Waals surface area (Å²) in [4.78, 5) is 0. The highest BCUT2D eigenvalue weighted by Crippen LogP contribution is 2.30. The molecule has 0 radical (unpaired) electrons. The van der Waals surface area contributed by atoms with Crippen LogP contribution >= 0.6 is 0 Å². The van der Waals surface area contributed by atoms with Crippen molar-refractivity contribution in [2.24, 2.45) is 11.8 Å². The molecule has 0 aromatic heterocycles. The summed E-state index contributed by atoms with van der Waals surface area (Å²) in [6.07, 6.45) is -0.422. The van der Waals surface area contributed by atoms with Crippen molar-refractivity contribution in [2.45, 2.75) is 45.7 Å². The summed E-state index contributed by atoms with van der Waals surface area (Å²) in [5, 5.41) is 9.97. The number of aliphatic hydroxyl groups is 1. The van der Waals surface area contributed by atoms with E-state index in [0.717, 1.165) is 0 Å². The number of benzene rings is 1. The van der Waals surface area contributed by atoms with Gasteiger partial charge in [-0.1, -0.05) is 44.2 Å². The zero-order valence-corrected chi connectivity index (χ0v) is 12.0.